The highest BCUT2D eigenvalue weighted by atomic mass is 19.1. The van der Waals surface area contributed by atoms with Crippen LogP contribution in [0.3, 0.4) is 0 Å². The van der Waals surface area contributed by atoms with Crippen molar-refractivity contribution in [2.75, 3.05) is 0 Å². The first-order valence-electron chi connectivity index (χ1n) is 5.67. The van der Waals surface area contributed by atoms with Gasteiger partial charge in [-0.1, -0.05) is 0 Å². The minimum absolute atomic E-state index is 0.272. The average molecular weight is 233 g/mol. The maximum absolute atomic E-state index is 13.1. The van der Waals surface area contributed by atoms with Crippen molar-refractivity contribution in [1.82, 2.24) is 4.98 Å². The van der Waals surface area contributed by atoms with E-state index in [0.29, 0.717) is 12.8 Å². The van der Waals surface area contributed by atoms with Crippen molar-refractivity contribution in [1.29, 1.82) is 0 Å². The summed E-state index contributed by atoms with van der Waals surface area (Å²) in [6, 6.07) is 4.67. The number of benzene rings is 1. The molecule has 0 fully saturated rings. The highest BCUT2D eigenvalue weighted by Crippen LogP contribution is 2.31. The normalized spacial score (nSPS) is 19.2. The Morgan fingerprint density at radius 2 is 2.29 bits per heavy atom. The van der Waals surface area contributed by atoms with Gasteiger partial charge < -0.3 is 10.1 Å². The Balaban J connectivity index is 2.09. The van der Waals surface area contributed by atoms with Crippen LogP contribution in [0.25, 0.3) is 10.9 Å². The molecule has 0 amide bonds. The molecule has 1 atom stereocenters. The predicted molar refractivity (Wildman–Crippen MR) is 61.4 cm³/mol. The fraction of sp³-hybridized carbons (Fsp3) is 0.308. The van der Waals surface area contributed by atoms with Gasteiger partial charge >= 0.3 is 5.97 Å². The zero-order chi connectivity index (χ0) is 12.0. The third-order valence-electron chi connectivity index (χ3n) is 3.50. The molecular weight excluding hydrogens is 221 g/mol. The lowest BCUT2D eigenvalue weighted by atomic mass is 9.87. The van der Waals surface area contributed by atoms with Crippen molar-refractivity contribution >= 4 is 16.9 Å². The molecule has 1 aromatic heterocycles. The van der Waals surface area contributed by atoms with E-state index < -0.39 is 5.97 Å². The number of aromatic amines is 1. The van der Waals surface area contributed by atoms with Crippen LogP contribution in [0.5, 0.6) is 0 Å². The summed E-state index contributed by atoms with van der Waals surface area (Å²) in [7, 11) is 0. The van der Waals surface area contributed by atoms with Crippen LogP contribution in [0.15, 0.2) is 18.2 Å². The third kappa shape index (κ3) is 1.60. The van der Waals surface area contributed by atoms with Crippen molar-refractivity contribution in [3.05, 3.63) is 35.3 Å². The molecule has 0 radical (unpaired) electrons. The summed E-state index contributed by atoms with van der Waals surface area (Å²) in [5, 5.41) is 10.0. The Morgan fingerprint density at radius 1 is 1.47 bits per heavy atom. The lowest BCUT2D eigenvalue weighted by Gasteiger charge is -2.18. The quantitative estimate of drug-likeness (QED) is 0.795. The van der Waals surface area contributed by atoms with Crippen LogP contribution in [0.1, 0.15) is 17.7 Å². The van der Waals surface area contributed by atoms with Crippen molar-refractivity contribution < 1.29 is 14.3 Å². The van der Waals surface area contributed by atoms with Gasteiger partial charge in [-0.3, -0.25) is 4.79 Å². The minimum atomic E-state index is -0.750. The molecule has 0 spiro atoms. The van der Waals surface area contributed by atoms with Crippen molar-refractivity contribution in [3.63, 3.8) is 0 Å². The van der Waals surface area contributed by atoms with Crippen LogP contribution in [0, 0.1) is 11.7 Å². The molecule has 88 valence electrons. The molecule has 1 aromatic carbocycles. The summed E-state index contributed by atoms with van der Waals surface area (Å²) in [5.41, 5.74) is 2.86. The maximum atomic E-state index is 13.1. The van der Waals surface area contributed by atoms with E-state index >= 15 is 0 Å². The van der Waals surface area contributed by atoms with Gasteiger partial charge in [-0.2, -0.15) is 0 Å². The van der Waals surface area contributed by atoms with E-state index in [1.807, 2.05) is 0 Å². The smallest absolute Gasteiger partial charge is 0.306 e. The van der Waals surface area contributed by atoms with E-state index in [1.165, 1.54) is 12.1 Å². The van der Waals surface area contributed by atoms with Crippen molar-refractivity contribution in [3.8, 4) is 0 Å². The number of carbonyl (C=O) groups is 1. The summed E-state index contributed by atoms with van der Waals surface area (Å²) in [6.07, 6.45) is 1.92. The molecule has 0 aliphatic heterocycles. The van der Waals surface area contributed by atoms with Crippen LogP contribution < -0.4 is 0 Å². The van der Waals surface area contributed by atoms with E-state index in [1.54, 1.807) is 6.07 Å². The number of aromatic nitrogens is 1. The second-order valence-electron chi connectivity index (χ2n) is 4.55. The molecule has 1 unspecified atom stereocenters. The van der Waals surface area contributed by atoms with E-state index in [-0.39, 0.29) is 11.7 Å². The second-order valence-corrected chi connectivity index (χ2v) is 4.55. The first-order valence-corrected chi connectivity index (χ1v) is 5.67. The largest absolute Gasteiger partial charge is 0.481 e. The number of H-pyrrole nitrogens is 1. The van der Waals surface area contributed by atoms with E-state index in [4.69, 9.17) is 5.11 Å². The summed E-state index contributed by atoms with van der Waals surface area (Å²) < 4.78 is 13.1. The number of nitrogens with one attached hydrogen (secondary N) is 1. The third-order valence-corrected chi connectivity index (χ3v) is 3.50. The van der Waals surface area contributed by atoms with E-state index in [9.17, 15) is 9.18 Å². The standard InChI is InChI=1S/C13H12FNO2/c14-8-2-4-10-9-3-1-7(13(16)17)5-11(9)15-12(10)6-8/h2,4,6-7,15H,1,3,5H2,(H,16,17). The molecule has 0 bridgehead atoms. The van der Waals surface area contributed by atoms with E-state index in [2.05, 4.69) is 4.98 Å². The second kappa shape index (κ2) is 3.58. The van der Waals surface area contributed by atoms with Crippen molar-refractivity contribution in [2.24, 2.45) is 5.92 Å². The fourth-order valence-corrected chi connectivity index (χ4v) is 2.62. The topological polar surface area (TPSA) is 53.1 Å². The zero-order valence-electron chi connectivity index (χ0n) is 9.16. The molecule has 1 heterocycles. The molecule has 2 N–H and O–H groups in total. The number of aliphatic carboxylic acids is 1. The molecule has 0 saturated heterocycles. The fourth-order valence-electron chi connectivity index (χ4n) is 2.62. The Morgan fingerprint density at radius 3 is 3.06 bits per heavy atom. The lowest BCUT2D eigenvalue weighted by molar-refractivity contribution is -0.142. The Kier molecular flexibility index (Phi) is 2.18. The van der Waals surface area contributed by atoms with Crippen LogP contribution in [-0.4, -0.2) is 16.1 Å². The number of carboxylic acids is 1. The molecule has 0 saturated carbocycles. The van der Waals surface area contributed by atoms with Gasteiger partial charge in [0.05, 0.1) is 5.92 Å². The van der Waals surface area contributed by atoms with E-state index in [0.717, 1.165) is 28.6 Å². The molecule has 1 aliphatic rings. The number of hydrogen-bond acceptors (Lipinski definition) is 1. The minimum Gasteiger partial charge on any atom is -0.481 e. The molecule has 2 aromatic rings. The number of aryl methyl sites for hydroxylation is 1. The molecule has 4 heteroatoms. The van der Waals surface area contributed by atoms with Gasteiger partial charge in [-0.05, 0) is 36.6 Å². The van der Waals surface area contributed by atoms with Crippen LogP contribution in [0.4, 0.5) is 4.39 Å². The van der Waals surface area contributed by atoms with Crippen molar-refractivity contribution in [2.45, 2.75) is 19.3 Å². The lowest BCUT2D eigenvalue weighted by Crippen LogP contribution is -2.21. The molecular formula is C13H12FNO2. The molecule has 3 rings (SSSR count). The number of rotatable bonds is 1. The maximum Gasteiger partial charge on any atom is 0.306 e. The van der Waals surface area contributed by atoms with Gasteiger partial charge in [0.2, 0.25) is 0 Å². The Hall–Kier alpha value is -1.84. The summed E-state index contributed by atoms with van der Waals surface area (Å²) in [5.74, 6) is -1.34. The van der Waals surface area contributed by atoms with Gasteiger partial charge in [0, 0.05) is 23.0 Å². The number of hydrogen-bond donors (Lipinski definition) is 2. The molecule has 3 nitrogen and oxygen atoms in total. The highest BCUT2D eigenvalue weighted by molar-refractivity contribution is 5.85. The Bertz CT molecular complexity index is 603. The number of fused-ring (bicyclic) bond motifs is 3. The van der Waals surface area contributed by atoms with Crippen LogP contribution in [0.2, 0.25) is 0 Å². The van der Waals surface area contributed by atoms with Gasteiger partial charge in [0.25, 0.3) is 0 Å². The number of halogens is 1. The summed E-state index contributed by atoms with van der Waals surface area (Å²) in [6.45, 7) is 0. The van der Waals surface area contributed by atoms with Gasteiger partial charge in [0.1, 0.15) is 5.82 Å². The van der Waals surface area contributed by atoms with Gasteiger partial charge in [-0.15, -0.1) is 0 Å². The highest BCUT2D eigenvalue weighted by Gasteiger charge is 2.26. The average Bonchev–Trinajstić information content (AvgIpc) is 2.64. The summed E-state index contributed by atoms with van der Waals surface area (Å²) >= 11 is 0. The number of carboxylic acid groups (broad SMARTS) is 1. The van der Waals surface area contributed by atoms with Gasteiger partial charge in [0.15, 0.2) is 0 Å². The Labute approximate surface area is 97.3 Å². The first-order chi connectivity index (χ1) is 8.15. The van der Waals surface area contributed by atoms with Crippen LogP contribution >= 0.6 is 0 Å². The van der Waals surface area contributed by atoms with Crippen LogP contribution in [-0.2, 0) is 17.6 Å². The zero-order valence-corrected chi connectivity index (χ0v) is 9.16. The first kappa shape index (κ1) is 10.3. The summed E-state index contributed by atoms with van der Waals surface area (Å²) in [4.78, 5) is 14.1. The van der Waals surface area contributed by atoms with Gasteiger partial charge in [-0.25, -0.2) is 4.39 Å². The molecule has 1 aliphatic carbocycles. The monoisotopic (exact) mass is 233 g/mol. The molecule has 17 heavy (non-hydrogen) atoms. The SMILES string of the molecule is O=C(O)C1CCc2c([nH]c3cc(F)ccc23)C1. The predicted octanol–water partition coefficient (Wildman–Crippen LogP) is 2.50.